The van der Waals surface area contributed by atoms with Gasteiger partial charge in [0.25, 0.3) is 0 Å². The first kappa shape index (κ1) is 22.6. The molecule has 8 aromatic rings. The van der Waals surface area contributed by atoms with Crippen LogP contribution in [-0.4, -0.2) is 4.98 Å². The van der Waals surface area contributed by atoms with Crippen molar-refractivity contribution in [1.82, 2.24) is 4.98 Å². The molecule has 3 N–H and O–H groups in total. The van der Waals surface area contributed by atoms with E-state index in [1.54, 1.807) is 0 Å². The average Bonchev–Trinajstić information content (AvgIpc) is 3.38. The second-order valence-corrected chi connectivity index (χ2v) is 10.4. The van der Waals surface area contributed by atoms with E-state index in [1.807, 2.05) is 0 Å². The molecule has 0 saturated carbocycles. The van der Waals surface area contributed by atoms with Gasteiger partial charge in [0.05, 0.1) is 5.52 Å². The fourth-order valence-electron chi connectivity index (χ4n) is 6.38. The fraction of sp³-hybridized carbons (Fsp3) is 0. The van der Waals surface area contributed by atoms with Crippen LogP contribution >= 0.6 is 0 Å². The highest BCUT2D eigenvalue weighted by Gasteiger charge is 2.18. The molecular formula is C38H26N2. The van der Waals surface area contributed by atoms with Crippen LogP contribution in [0.1, 0.15) is 0 Å². The average molecular weight is 511 g/mol. The van der Waals surface area contributed by atoms with E-state index in [-0.39, 0.29) is 0 Å². The van der Waals surface area contributed by atoms with E-state index < -0.39 is 0 Å². The van der Waals surface area contributed by atoms with Crippen molar-refractivity contribution in [1.29, 1.82) is 0 Å². The van der Waals surface area contributed by atoms with Crippen LogP contribution in [0, 0.1) is 0 Å². The van der Waals surface area contributed by atoms with Gasteiger partial charge in [-0.05, 0) is 73.6 Å². The molecule has 1 heterocycles. The number of H-pyrrole nitrogens is 1. The Kier molecular flexibility index (Phi) is 5.01. The highest BCUT2D eigenvalue weighted by Crippen LogP contribution is 2.45. The van der Waals surface area contributed by atoms with Crippen LogP contribution in [0.25, 0.3) is 76.7 Å². The van der Waals surface area contributed by atoms with Gasteiger partial charge in [-0.3, -0.25) is 0 Å². The van der Waals surface area contributed by atoms with Gasteiger partial charge in [0.15, 0.2) is 0 Å². The van der Waals surface area contributed by atoms with Gasteiger partial charge in [0.2, 0.25) is 0 Å². The molecule has 0 radical (unpaired) electrons. The SMILES string of the molecule is Nc1cc(-c2ccc3c(-c4ccccc4)c4ccccc4c(-c4ccccc4)c3c2)c2[nH]c3ccccc3c2c1. The normalized spacial score (nSPS) is 11.6. The summed E-state index contributed by atoms with van der Waals surface area (Å²) >= 11 is 0. The van der Waals surface area contributed by atoms with Crippen molar-refractivity contribution in [2.24, 2.45) is 0 Å². The zero-order valence-corrected chi connectivity index (χ0v) is 21.9. The molecule has 188 valence electrons. The Hall–Kier alpha value is -5.34. The van der Waals surface area contributed by atoms with E-state index in [9.17, 15) is 0 Å². The molecule has 0 spiro atoms. The Bertz CT molecular complexity index is 2210. The van der Waals surface area contributed by atoms with E-state index in [4.69, 9.17) is 5.73 Å². The summed E-state index contributed by atoms with van der Waals surface area (Å²) in [6, 6.07) is 49.8. The van der Waals surface area contributed by atoms with Gasteiger partial charge < -0.3 is 10.7 Å². The number of aromatic nitrogens is 1. The number of nitrogens with one attached hydrogen (secondary N) is 1. The third-order valence-electron chi connectivity index (χ3n) is 8.10. The summed E-state index contributed by atoms with van der Waals surface area (Å²) in [5.74, 6) is 0. The molecule has 0 amide bonds. The lowest BCUT2D eigenvalue weighted by atomic mass is 9.84. The second kappa shape index (κ2) is 8.86. The van der Waals surface area contributed by atoms with Crippen LogP contribution in [0.4, 0.5) is 5.69 Å². The molecule has 0 aliphatic carbocycles. The summed E-state index contributed by atoms with van der Waals surface area (Å²) in [6.07, 6.45) is 0. The maximum Gasteiger partial charge on any atom is 0.0546 e. The lowest BCUT2D eigenvalue weighted by Crippen LogP contribution is -1.92. The number of anilines is 1. The molecule has 0 fully saturated rings. The van der Waals surface area contributed by atoms with E-state index in [0.717, 1.165) is 33.2 Å². The number of aromatic amines is 1. The molecule has 8 rings (SSSR count). The number of benzene rings is 7. The maximum atomic E-state index is 6.51. The molecule has 0 bridgehead atoms. The molecule has 0 unspecified atom stereocenters. The zero-order valence-electron chi connectivity index (χ0n) is 21.9. The van der Waals surface area contributed by atoms with Crippen molar-refractivity contribution in [3.8, 4) is 33.4 Å². The number of fused-ring (bicyclic) bond motifs is 5. The number of rotatable bonds is 3. The van der Waals surface area contributed by atoms with E-state index in [0.29, 0.717) is 0 Å². The van der Waals surface area contributed by atoms with Gasteiger partial charge in [0.1, 0.15) is 0 Å². The lowest BCUT2D eigenvalue weighted by molar-refractivity contribution is 1.54. The summed E-state index contributed by atoms with van der Waals surface area (Å²) in [5.41, 5.74) is 16.7. The van der Waals surface area contributed by atoms with Crippen LogP contribution in [0.2, 0.25) is 0 Å². The fourth-order valence-corrected chi connectivity index (χ4v) is 6.38. The van der Waals surface area contributed by atoms with E-state index in [2.05, 4.69) is 145 Å². The number of nitrogens with two attached hydrogens (primary N) is 1. The molecule has 2 heteroatoms. The summed E-state index contributed by atoms with van der Waals surface area (Å²) < 4.78 is 0. The minimum atomic E-state index is 0.763. The van der Waals surface area contributed by atoms with Crippen molar-refractivity contribution in [3.63, 3.8) is 0 Å². The van der Waals surface area contributed by atoms with Gasteiger partial charge in [0, 0.05) is 27.5 Å². The van der Waals surface area contributed by atoms with Gasteiger partial charge in [-0.1, -0.05) is 115 Å². The third-order valence-corrected chi connectivity index (χ3v) is 8.10. The number of para-hydroxylation sites is 1. The summed E-state index contributed by atoms with van der Waals surface area (Å²) in [6.45, 7) is 0. The quantitative estimate of drug-likeness (QED) is 0.180. The molecule has 2 nitrogen and oxygen atoms in total. The Morgan fingerprint density at radius 3 is 1.62 bits per heavy atom. The topological polar surface area (TPSA) is 41.8 Å². The van der Waals surface area contributed by atoms with Gasteiger partial charge in [-0.25, -0.2) is 0 Å². The first-order valence-electron chi connectivity index (χ1n) is 13.7. The van der Waals surface area contributed by atoms with Gasteiger partial charge >= 0.3 is 0 Å². The summed E-state index contributed by atoms with van der Waals surface area (Å²) in [4.78, 5) is 3.68. The first-order valence-corrected chi connectivity index (χ1v) is 13.7. The Morgan fingerprint density at radius 2 is 0.950 bits per heavy atom. The summed E-state index contributed by atoms with van der Waals surface area (Å²) in [5, 5.41) is 7.32. The highest BCUT2D eigenvalue weighted by atomic mass is 14.7. The molecule has 0 atom stereocenters. The van der Waals surface area contributed by atoms with E-state index in [1.165, 1.54) is 49.2 Å². The van der Waals surface area contributed by atoms with Crippen LogP contribution in [-0.2, 0) is 0 Å². The van der Waals surface area contributed by atoms with Crippen molar-refractivity contribution in [2.75, 3.05) is 5.73 Å². The second-order valence-electron chi connectivity index (χ2n) is 10.4. The van der Waals surface area contributed by atoms with Crippen molar-refractivity contribution in [2.45, 2.75) is 0 Å². The minimum Gasteiger partial charge on any atom is -0.399 e. The van der Waals surface area contributed by atoms with Crippen LogP contribution in [0.3, 0.4) is 0 Å². The maximum absolute atomic E-state index is 6.51. The van der Waals surface area contributed by atoms with Crippen LogP contribution in [0.15, 0.2) is 140 Å². The highest BCUT2D eigenvalue weighted by molar-refractivity contribution is 6.22. The zero-order chi connectivity index (χ0) is 26.6. The summed E-state index contributed by atoms with van der Waals surface area (Å²) in [7, 11) is 0. The Labute approximate surface area is 232 Å². The molecule has 0 aliphatic rings. The molecule has 40 heavy (non-hydrogen) atoms. The predicted molar refractivity (Wildman–Crippen MR) is 172 cm³/mol. The van der Waals surface area contributed by atoms with Crippen molar-refractivity contribution >= 4 is 49.0 Å². The molecule has 0 aliphatic heterocycles. The molecule has 1 aromatic heterocycles. The number of hydrogen-bond donors (Lipinski definition) is 2. The minimum absolute atomic E-state index is 0.763. The van der Waals surface area contributed by atoms with Gasteiger partial charge in [-0.15, -0.1) is 0 Å². The lowest BCUT2D eigenvalue weighted by Gasteiger charge is -2.19. The van der Waals surface area contributed by atoms with Crippen molar-refractivity contribution in [3.05, 3.63) is 140 Å². The van der Waals surface area contributed by atoms with E-state index >= 15 is 0 Å². The smallest absolute Gasteiger partial charge is 0.0546 e. The molecule has 0 saturated heterocycles. The Balaban J connectivity index is 1.52. The molecular weight excluding hydrogens is 484 g/mol. The predicted octanol–water partition coefficient (Wildman–Crippen LogP) is 10.2. The Morgan fingerprint density at radius 1 is 0.400 bits per heavy atom. The van der Waals surface area contributed by atoms with Crippen LogP contribution < -0.4 is 5.73 Å². The number of nitrogen functional groups attached to an aromatic ring is 1. The monoisotopic (exact) mass is 510 g/mol. The van der Waals surface area contributed by atoms with Crippen molar-refractivity contribution < 1.29 is 0 Å². The third kappa shape index (κ3) is 3.43. The standard InChI is InChI=1S/C38H26N2/c39-27-22-32(38-34(23-27)28-15-9-10-18-35(28)40-38)26-19-20-31-33(21-26)37(25-13-5-2-6-14-25)30-17-8-7-16-29(30)36(31)24-11-3-1-4-12-24/h1-23,40H,39H2. The molecule has 7 aromatic carbocycles. The largest absolute Gasteiger partial charge is 0.399 e. The number of hydrogen-bond acceptors (Lipinski definition) is 1. The van der Waals surface area contributed by atoms with Crippen LogP contribution in [0.5, 0.6) is 0 Å². The van der Waals surface area contributed by atoms with Gasteiger partial charge in [-0.2, -0.15) is 0 Å². The first-order chi connectivity index (χ1) is 19.8.